The summed E-state index contributed by atoms with van der Waals surface area (Å²) in [6, 6.07) is 13.6. The number of hydrogen-bond acceptors (Lipinski definition) is 2. The molecule has 2 rings (SSSR count). The predicted molar refractivity (Wildman–Crippen MR) is 89.4 cm³/mol. The Bertz CT molecular complexity index is 601. The number of benzene rings is 2. The molecule has 0 radical (unpaired) electrons. The van der Waals surface area contributed by atoms with Crippen LogP contribution in [0.2, 0.25) is 5.02 Å². The van der Waals surface area contributed by atoms with Crippen LogP contribution in [0.1, 0.15) is 25.0 Å². The van der Waals surface area contributed by atoms with Gasteiger partial charge in [0.15, 0.2) is 0 Å². The van der Waals surface area contributed by atoms with Crippen molar-refractivity contribution in [1.29, 1.82) is 0 Å². The maximum Gasteiger partial charge on any atom is 0.128 e. The molecule has 0 aliphatic rings. The van der Waals surface area contributed by atoms with E-state index in [-0.39, 0.29) is 5.82 Å². The molecule has 1 N–H and O–H groups in total. The Morgan fingerprint density at radius 2 is 2.00 bits per heavy atom. The first-order valence-corrected chi connectivity index (χ1v) is 8.30. The summed E-state index contributed by atoms with van der Waals surface area (Å²) in [5.74, 6) is 0.358. The first-order chi connectivity index (χ1) is 10.0. The molecule has 0 saturated heterocycles. The van der Waals surface area contributed by atoms with Crippen molar-refractivity contribution in [1.82, 2.24) is 5.32 Å². The van der Waals surface area contributed by atoms with Crippen LogP contribution in [0.3, 0.4) is 0 Å². The van der Waals surface area contributed by atoms with Gasteiger partial charge in [-0.3, -0.25) is 0 Å². The second-order valence-corrected chi connectivity index (χ2v) is 6.69. The lowest BCUT2D eigenvalue weighted by Gasteiger charge is -2.09. The van der Waals surface area contributed by atoms with Crippen molar-refractivity contribution in [3.8, 4) is 0 Å². The zero-order valence-corrected chi connectivity index (χ0v) is 13.8. The summed E-state index contributed by atoms with van der Waals surface area (Å²) in [5, 5.41) is 3.83. The van der Waals surface area contributed by atoms with Crippen molar-refractivity contribution >= 4 is 23.4 Å². The maximum atomic E-state index is 13.7. The van der Waals surface area contributed by atoms with Gasteiger partial charge in [-0.2, -0.15) is 0 Å². The molecule has 0 heterocycles. The minimum absolute atomic E-state index is 0.243. The van der Waals surface area contributed by atoms with Gasteiger partial charge in [0.1, 0.15) is 5.82 Å². The van der Waals surface area contributed by atoms with Crippen LogP contribution >= 0.6 is 23.4 Å². The molecule has 4 heteroatoms. The molecule has 0 spiro atoms. The van der Waals surface area contributed by atoms with Crippen LogP contribution in [-0.4, -0.2) is 6.04 Å². The van der Waals surface area contributed by atoms with Crippen molar-refractivity contribution in [3.05, 3.63) is 64.4 Å². The van der Waals surface area contributed by atoms with E-state index in [0.717, 1.165) is 11.4 Å². The van der Waals surface area contributed by atoms with Crippen LogP contribution in [0.15, 0.2) is 47.4 Å². The molecule has 0 saturated carbocycles. The van der Waals surface area contributed by atoms with E-state index in [1.807, 2.05) is 6.07 Å². The molecule has 21 heavy (non-hydrogen) atoms. The Morgan fingerprint density at radius 1 is 1.19 bits per heavy atom. The summed E-state index contributed by atoms with van der Waals surface area (Å²) in [6.45, 7) is 5.10. The summed E-state index contributed by atoms with van der Waals surface area (Å²) < 4.78 is 13.7. The lowest BCUT2D eigenvalue weighted by Crippen LogP contribution is -2.21. The topological polar surface area (TPSA) is 12.0 Å². The fourth-order valence-corrected chi connectivity index (χ4v) is 2.99. The zero-order valence-electron chi connectivity index (χ0n) is 12.2. The Kier molecular flexibility index (Phi) is 6.09. The summed E-state index contributed by atoms with van der Waals surface area (Å²) >= 11 is 7.39. The first kappa shape index (κ1) is 16.3. The van der Waals surface area contributed by atoms with Gasteiger partial charge >= 0.3 is 0 Å². The average Bonchev–Trinajstić information content (AvgIpc) is 2.45. The fraction of sp³-hybridized carbons (Fsp3) is 0.294. The van der Waals surface area contributed by atoms with Crippen LogP contribution in [0, 0.1) is 5.82 Å². The smallest absolute Gasteiger partial charge is 0.128 e. The molecule has 0 aliphatic carbocycles. The lowest BCUT2D eigenvalue weighted by atomic mass is 10.2. The van der Waals surface area contributed by atoms with Crippen molar-refractivity contribution < 1.29 is 4.39 Å². The molecule has 0 aromatic heterocycles. The molecule has 1 nitrogen and oxygen atoms in total. The average molecular weight is 324 g/mol. The molecule has 0 fully saturated rings. The Morgan fingerprint density at radius 3 is 2.71 bits per heavy atom. The zero-order chi connectivity index (χ0) is 15.2. The number of thioether (sulfide) groups is 1. The van der Waals surface area contributed by atoms with E-state index in [0.29, 0.717) is 22.4 Å². The van der Waals surface area contributed by atoms with Gasteiger partial charge in [0, 0.05) is 28.3 Å². The third kappa shape index (κ3) is 5.34. The summed E-state index contributed by atoms with van der Waals surface area (Å²) in [4.78, 5) is 1.15. The van der Waals surface area contributed by atoms with Gasteiger partial charge in [-0.1, -0.05) is 43.6 Å². The molecule has 2 aromatic carbocycles. The van der Waals surface area contributed by atoms with E-state index >= 15 is 0 Å². The van der Waals surface area contributed by atoms with Crippen molar-refractivity contribution in [3.63, 3.8) is 0 Å². The third-order valence-electron chi connectivity index (χ3n) is 3.02. The number of hydrogen-bond donors (Lipinski definition) is 1. The van der Waals surface area contributed by atoms with E-state index in [9.17, 15) is 4.39 Å². The Hall–Kier alpha value is -1.03. The first-order valence-electron chi connectivity index (χ1n) is 6.93. The van der Waals surface area contributed by atoms with E-state index < -0.39 is 0 Å². The van der Waals surface area contributed by atoms with Crippen LogP contribution in [-0.2, 0) is 12.3 Å². The molecule has 0 atom stereocenters. The molecule has 112 valence electrons. The quantitative estimate of drug-likeness (QED) is 0.727. The van der Waals surface area contributed by atoms with Gasteiger partial charge in [-0.05, 0) is 35.4 Å². The van der Waals surface area contributed by atoms with E-state index in [1.165, 1.54) is 11.6 Å². The van der Waals surface area contributed by atoms with Gasteiger partial charge in [-0.15, -0.1) is 11.8 Å². The lowest BCUT2D eigenvalue weighted by molar-refractivity contribution is 0.588. The highest BCUT2D eigenvalue weighted by Crippen LogP contribution is 2.26. The van der Waals surface area contributed by atoms with E-state index in [2.05, 4.69) is 37.4 Å². The number of halogens is 2. The highest BCUT2D eigenvalue weighted by atomic mass is 35.5. The normalized spacial score (nSPS) is 11.1. The van der Waals surface area contributed by atoms with Crippen LogP contribution in [0.25, 0.3) is 0 Å². The summed E-state index contributed by atoms with van der Waals surface area (Å²) in [5.41, 5.74) is 1.92. The van der Waals surface area contributed by atoms with Crippen molar-refractivity contribution in [2.24, 2.45) is 0 Å². The standard InChI is InChI=1S/C17H19ClFNS/c1-12(2)20-10-13-4-3-5-16(8-13)21-11-14-6-7-15(18)9-17(14)19/h3-9,12,20H,10-11H2,1-2H3. The molecule has 0 unspecified atom stereocenters. The minimum atomic E-state index is -0.243. The number of nitrogens with one attached hydrogen (secondary N) is 1. The van der Waals surface area contributed by atoms with Gasteiger partial charge in [0.25, 0.3) is 0 Å². The number of rotatable bonds is 6. The molecular weight excluding hydrogens is 305 g/mol. The molecule has 0 aliphatic heterocycles. The highest BCUT2D eigenvalue weighted by Gasteiger charge is 2.04. The minimum Gasteiger partial charge on any atom is -0.310 e. The Balaban J connectivity index is 1.98. The summed E-state index contributed by atoms with van der Waals surface area (Å²) in [6.07, 6.45) is 0. The molecule has 0 amide bonds. The van der Waals surface area contributed by atoms with E-state index in [1.54, 1.807) is 23.9 Å². The van der Waals surface area contributed by atoms with Gasteiger partial charge < -0.3 is 5.32 Å². The highest BCUT2D eigenvalue weighted by molar-refractivity contribution is 7.98. The second-order valence-electron chi connectivity index (χ2n) is 5.21. The van der Waals surface area contributed by atoms with Crippen molar-refractivity contribution in [2.45, 2.75) is 37.1 Å². The monoisotopic (exact) mass is 323 g/mol. The van der Waals surface area contributed by atoms with E-state index in [4.69, 9.17) is 11.6 Å². The molecular formula is C17H19ClFNS. The summed E-state index contributed by atoms with van der Waals surface area (Å²) in [7, 11) is 0. The molecule has 0 bridgehead atoms. The SMILES string of the molecule is CC(C)NCc1cccc(SCc2ccc(Cl)cc2F)c1. The van der Waals surface area contributed by atoms with Gasteiger partial charge in [0.05, 0.1) is 0 Å². The van der Waals surface area contributed by atoms with Crippen molar-refractivity contribution in [2.75, 3.05) is 0 Å². The van der Waals surface area contributed by atoms with Crippen LogP contribution in [0.4, 0.5) is 4.39 Å². The fourth-order valence-electron chi connectivity index (χ4n) is 1.87. The maximum absolute atomic E-state index is 13.7. The third-order valence-corrected chi connectivity index (χ3v) is 4.30. The van der Waals surface area contributed by atoms with Gasteiger partial charge in [0.2, 0.25) is 0 Å². The second kappa shape index (κ2) is 7.83. The predicted octanol–water partition coefficient (Wildman–Crippen LogP) is 5.27. The molecule has 2 aromatic rings. The van der Waals surface area contributed by atoms with Crippen LogP contribution < -0.4 is 5.32 Å². The van der Waals surface area contributed by atoms with Gasteiger partial charge in [-0.25, -0.2) is 4.39 Å². The van der Waals surface area contributed by atoms with Crippen LogP contribution in [0.5, 0.6) is 0 Å². The Labute approximate surface area is 134 Å². The largest absolute Gasteiger partial charge is 0.310 e.